The van der Waals surface area contributed by atoms with Crippen LogP contribution in [0.2, 0.25) is 0 Å². The quantitative estimate of drug-likeness (QED) is 0.760. The summed E-state index contributed by atoms with van der Waals surface area (Å²) in [6.45, 7) is 4.05. The lowest BCUT2D eigenvalue weighted by Crippen LogP contribution is -2.81. The van der Waals surface area contributed by atoms with E-state index in [0.29, 0.717) is 45.0 Å². The molecule has 3 heterocycles. The fourth-order valence-corrected chi connectivity index (χ4v) is 5.01. The molecule has 0 N–H and O–H groups in total. The van der Waals surface area contributed by atoms with Crippen LogP contribution in [0.4, 0.5) is 4.39 Å². The maximum Gasteiger partial charge on any atom is 0.256 e. The highest BCUT2D eigenvalue weighted by Crippen LogP contribution is 2.37. The summed E-state index contributed by atoms with van der Waals surface area (Å²) in [6, 6.07) is 15.4. The van der Waals surface area contributed by atoms with E-state index in [4.69, 9.17) is 4.74 Å². The first kappa shape index (κ1) is 19.2. The lowest BCUT2D eigenvalue weighted by atomic mass is 9.82. The van der Waals surface area contributed by atoms with Gasteiger partial charge in [0.05, 0.1) is 30.4 Å². The molecule has 3 fully saturated rings. The van der Waals surface area contributed by atoms with E-state index >= 15 is 0 Å². The van der Waals surface area contributed by atoms with Crippen molar-refractivity contribution in [3.63, 3.8) is 0 Å². The molecule has 0 radical (unpaired) electrons. The molecule has 3 saturated heterocycles. The zero-order valence-electron chi connectivity index (χ0n) is 16.7. The van der Waals surface area contributed by atoms with Gasteiger partial charge in [0.2, 0.25) is 0 Å². The van der Waals surface area contributed by atoms with Crippen molar-refractivity contribution in [2.24, 2.45) is 0 Å². The summed E-state index contributed by atoms with van der Waals surface area (Å²) in [4.78, 5) is 31.9. The molecule has 2 aromatic rings. The first-order valence-corrected chi connectivity index (χ1v) is 10.3. The summed E-state index contributed by atoms with van der Waals surface area (Å²) in [5.41, 5.74) is 0.452. The van der Waals surface area contributed by atoms with E-state index in [9.17, 15) is 14.0 Å². The van der Waals surface area contributed by atoms with Crippen LogP contribution < -0.4 is 0 Å². The van der Waals surface area contributed by atoms with Gasteiger partial charge in [-0.2, -0.15) is 0 Å². The monoisotopic (exact) mass is 409 g/mol. The molecule has 0 saturated carbocycles. The molecule has 156 valence electrons. The second kappa shape index (κ2) is 7.49. The van der Waals surface area contributed by atoms with Crippen molar-refractivity contribution in [3.8, 4) is 0 Å². The fourth-order valence-electron chi connectivity index (χ4n) is 5.01. The molecule has 0 aliphatic carbocycles. The van der Waals surface area contributed by atoms with E-state index in [2.05, 4.69) is 4.90 Å². The average molecular weight is 409 g/mol. The molecule has 1 unspecified atom stereocenters. The van der Waals surface area contributed by atoms with Crippen LogP contribution in [0.3, 0.4) is 0 Å². The van der Waals surface area contributed by atoms with E-state index in [0.717, 1.165) is 6.54 Å². The predicted molar refractivity (Wildman–Crippen MR) is 109 cm³/mol. The van der Waals surface area contributed by atoms with Crippen molar-refractivity contribution in [2.75, 3.05) is 45.9 Å². The number of halogens is 1. The first-order valence-electron chi connectivity index (χ1n) is 10.3. The number of fused-ring (bicyclic) bond motifs is 2. The topological polar surface area (TPSA) is 53.1 Å². The molecule has 30 heavy (non-hydrogen) atoms. The number of nitrogens with zero attached hydrogens (tertiary/aromatic N) is 3. The Bertz CT molecular complexity index is 961. The Labute approximate surface area is 174 Å². The number of morpholine rings is 1. The van der Waals surface area contributed by atoms with Crippen LogP contribution in [0.15, 0.2) is 54.6 Å². The van der Waals surface area contributed by atoms with E-state index in [1.807, 2.05) is 35.2 Å². The first-order chi connectivity index (χ1) is 14.6. The average Bonchev–Trinajstić information content (AvgIpc) is 2.76. The summed E-state index contributed by atoms with van der Waals surface area (Å²) >= 11 is 0. The minimum atomic E-state index is -0.506. The Balaban J connectivity index is 1.38. The van der Waals surface area contributed by atoms with Crippen molar-refractivity contribution in [1.82, 2.24) is 14.7 Å². The maximum atomic E-state index is 14.2. The van der Waals surface area contributed by atoms with Crippen LogP contribution in [0, 0.1) is 5.82 Å². The van der Waals surface area contributed by atoms with Crippen molar-refractivity contribution in [1.29, 1.82) is 0 Å². The molecule has 3 aliphatic rings. The Kier molecular flexibility index (Phi) is 4.79. The van der Waals surface area contributed by atoms with Gasteiger partial charge in [-0.05, 0) is 24.3 Å². The lowest BCUT2D eigenvalue weighted by molar-refractivity contribution is -0.148. The third kappa shape index (κ3) is 3.18. The molecular weight excluding hydrogens is 385 g/mol. The van der Waals surface area contributed by atoms with Gasteiger partial charge in [0.25, 0.3) is 11.8 Å². The number of hydrogen-bond acceptors (Lipinski definition) is 4. The van der Waals surface area contributed by atoms with Gasteiger partial charge in [-0.25, -0.2) is 4.39 Å². The van der Waals surface area contributed by atoms with Crippen molar-refractivity contribution in [3.05, 3.63) is 71.5 Å². The van der Waals surface area contributed by atoms with Gasteiger partial charge >= 0.3 is 0 Å². The highest BCUT2D eigenvalue weighted by molar-refractivity contribution is 5.96. The van der Waals surface area contributed by atoms with Crippen LogP contribution in [0.1, 0.15) is 20.7 Å². The molecule has 5 rings (SSSR count). The summed E-state index contributed by atoms with van der Waals surface area (Å²) in [6.07, 6.45) is 0. The van der Waals surface area contributed by atoms with Crippen LogP contribution in [-0.4, -0.2) is 84.0 Å². The third-order valence-corrected chi connectivity index (χ3v) is 6.42. The van der Waals surface area contributed by atoms with E-state index in [-0.39, 0.29) is 29.0 Å². The second-order valence-corrected chi connectivity index (χ2v) is 8.34. The van der Waals surface area contributed by atoms with E-state index in [1.54, 1.807) is 17.0 Å². The summed E-state index contributed by atoms with van der Waals surface area (Å²) < 4.78 is 19.9. The van der Waals surface area contributed by atoms with Gasteiger partial charge in [0.15, 0.2) is 0 Å². The number of carbonyl (C=O) groups excluding carboxylic acids is 2. The molecule has 2 amide bonds. The zero-order valence-corrected chi connectivity index (χ0v) is 16.7. The van der Waals surface area contributed by atoms with Gasteiger partial charge in [0, 0.05) is 38.3 Å². The van der Waals surface area contributed by atoms with Crippen LogP contribution in [0.5, 0.6) is 0 Å². The summed E-state index contributed by atoms with van der Waals surface area (Å²) in [5, 5.41) is 0. The molecule has 2 aromatic carbocycles. The lowest BCUT2D eigenvalue weighted by Gasteiger charge is -2.63. The number of likely N-dealkylation sites (tertiary alicyclic amines) is 1. The molecule has 6 nitrogen and oxygen atoms in total. The smallest absolute Gasteiger partial charge is 0.256 e. The van der Waals surface area contributed by atoms with Gasteiger partial charge in [-0.15, -0.1) is 0 Å². The van der Waals surface area contributed by atoms with Crippen molar-refractivity contribution >= 4 is 11.8 Å². The second-order valence-electron chi connectivity index (χ2n) is 8.34. The highest BCUT2D eigenvalue weighted by Gasteiger charge is 2.56. The number of ether oxygens (including phenoxy) is 1. The Morgan fingerprint density at radius 2 is 1.63 bits per heavy atom. The fraction of sp³-hybridized carbons (Fsp3) is 0.391. The van der Waals surface area contributed by atoms with Crippen LogP contribution in [-0.2, 0) is 4.74 Å². The largest absolute Gasteiger partial charge is 0.378 e. The molecule has 0 bridgehead atoms. The number of carbonyl (C=O) groups is 2. The SMILES string of the molecule is O=C(c1ccccc1)N1CC2(C1)CN(C(=O)c1ccccc1F)CC1COCCN12. The number of benzene rings is 2. The number of amides is 2. The maximum absolute atomic E-state index is 14.2. The minimum Gasteiger partial charge on any atom is -0.378 e. The van der Waals surface area contributed by atoms with Crippen molar-refractivity contribution < 1.29 is 18.7 Å². The molecule has 7 heteroatoms. The molecule has 1 atom stereocenters. The zero-order chi connectivity index (χ0) is 20.7. The predicted octanol–water partition coefficient (Wildman–Crippen LogP) is 1.88. The normalized spacial score (nSPS) is 23.0. The standard InChI is InChI=1S/C23H24FN3O3/c24-20-9-5-4-8-19(20)22(29)25-12-18-13-30-11-10-27(18)23(14-25)15-26(16-23)21(28)17-6-2-1-3-7-17/h1-9,18H,10-16H2. The molecular formula is C23H24FN3O3. The summed E-state index contributed by atoms with van der Waals surface area (Å²) in [5.74, 6) is -0.803. The van der Waals surface area contributed by atoms with Crippen LogP contribution >= 0.6 is 0 Å². The Hall–Kier alpha value is -2.77. The molecule has 3 aliphatic heterocycles. The van der Waals surface area contributed by atoms with Gasteiger partial charge in [-0.1, -0.05) is 30.3 Å². The molecule has 1 spiro atoms. The van der Waals surface area contributed by atoms with Gasteiger partial charge in [0.1, 0.15) is 5.82 Å². The van der Waals surface area contributed by atoms with E-state index in [1.165, 1.54) is 12.1 Å². The molecule has 0 aromatic heterocycles. The number of hydrogen-bond donors (Lipinski definition) is 0. The van der Waals surface area contributed by atoms with Gasteiger partial charge < -0.3 is 14.5 Å². The highest BCUT2D eigenvalue weighted by atomic mass is 19.1. The van der Waals surface area contributed by atoms with E-state index < -0.39 is 5.82 Å². The van der Waals surface area contributed by atoms with Crippen molar-refractivity contribution in [2.45, 2.75) is 11.6 Å². The Morgan fingerprint density at radius 1 is 0.933 bits per heavy atom. The number of rotatable bonds is 2. The summed E-state index contributed by atoms with van der Waals surface area (Å²) in [7, 11) is 0. The van der Waals surface area contributed by atoms with Gasteiger partial charge in [-0.3, -0.25) is 14.5 Å². The number of piperazine rings is 1. The third-order valence-electron chi connectivity index (χ3n) is 6.42. The Morgan fingerprint density at radius 3 is 2.40 bits per heavy atom. The van der Waals surface area contributed by atoms with Crippen LogP contribution in [0.25, 0.3) is 0 Å². The minimum absolute atomic E-state index is 0.00332.